The van der Waals surface area contributed by atoms with Gasteiger partial charge in [0.2, 0.25) is 5.91 Å². The van der Waals surface area contributed by atoms with E-state index in [-0.39, 0.29) is 6.54 Å². The SMILES string of the molecule is CCCN(CC(=O)Nc1ccc(F)c(F)c1F)C(=O)c1cc(-c2ccco2)nc2ccccc12. The molecule has 0 aliphatic heterocycles. The molecule has 34 heavy (non-hydrogen) atoms. The number of nitrogens with zero attached hydrogens (tertiary/aromatic N) is 2. The van der Waals surface area contributed by atoms with E-state index < -0.39 is 41.5 Å². The highest BCUT2D eigenvalue weighted by molar-refractivity contribution is 6.08. The fourth-order valence-electron chi connectivity index (χ4n) is 3.58. The second-order valence-corrected chi connectivity index (χ2v) is 7.55. The lowest BCUT2D eigenvalue weighted by Crippen LogP contribution is -2.38. The second kappa shape index (κ2) is 9.78. The number of hydrogen-bond acceptors (Lipinski definition) is 4. The van der Waals surface area contributed by atoms with E-state index in [0.717, 1.165) is 6.07 Å². The maximum absolute atomic E-state index is 14.0. The summed E-state index contributed by atoms with van der Waals surface area (Å²) in [7, 11) is 0. The number of hydrogen-bond donors (Lipinski definition) is 1. The lowest BCUT2D eigenvalue weighted by Gasteiger charge is -2.23. The van der Waals surface area contributed by atoms with Crippen LogP contribution in [-0.2, 0) is 4.79 Å². The first-order valence-electron chi connectivity index (χ1n) is 10.5. The molecule has 4 aromatic rings. The van der Waals surface area contributed by atoms with Crippen molar-refractivity contribution >= 4 is 28.4 Å². The van der Waals surface area contributed by atoms with Gasteiger partial charge in [-0.25, -0.2) is 18.2 Å². The summed E-state index contributed by atoms with van der Waals surface area (Å²) in [5.74, 6) is -5.27. The standard InChI is InChI=1S/C25H20F3N3O3/c1-2-11-31(14-22(32)30-19-10-9-17(26)23(27)24(19)28)25(33)16-13-20(21-8-5-12-34-21)29-18-7-4-3-6-15(16)18/h3-10,12-13H,2,11,14H2,1H3,(H,30,32). The molecule has 9 heteroatoms. The maximum atomic E-state index is 14.0. The molecule has 2 amide bonds. The van der Waals surface area contributed by atoms with Crippen LogP contribution >= 0.6 is 0 Å². The molecule has 2 aromatic carbocycles. The Balaban J connectivity index is 1.64. The predicted octanol–water partition coefficient (Wildman–Crippen LogP) is 5.40. The molecule has 0 fully saturated rings. The molecular weight excluding hydrogens is 447 g/mol. The summed E-state index contributed by atoms with van der Waals surface area (Å²) < 4.78 is 46.1. The fourth-order valence-corrected chi connectivity index (χ4v) is 3.58. The van der Waals surface area contributed by atoms with Gasteiger partial charge in [0.15, 0.2) is 23.2 Å². The minimum absolute atomic E-state index is 0.235. The Hall–Kier alpha value is -4.14. The molecule has 0 bridgehead atoms. The summed E-state index contributed by atoms with van der Waals surface area (Å²) in [6.07, 6.45) is 2.05. The Morgan fingerprint density at radius 3 is 2.56 bits per heavy atom. The highest BCUT2D eigenvalue weighted by atomic mass is 19.2. The van der Waals surface area contributed by atoms with E-state index in [2.05, 4.69) is 10.3 Å². The number of fused-ring (bicyclic) bond motifs is 1. The summed E-state index contributed by atoms with van der Waals surface area (Å²) in [5.41, 5.74) is 0.834. The molecule has 0 spiro atoms. The van der Waals surface area contributed by atoms with Gasteiger partial charge in [-0.15, -0.1) is 0 Å². The van der Waals surface area contributed by atoms with Crippen molar-refractivity contribution in [3.05, 3.63) is 83.9 Å². The van der Waals surface area contributed by atoms with Crippen molar-refractivity contribution in [3.63, 3.8) is 0 Å². The monoisotopic (exact) mass is 467 g/mol. The van der Waals surface area contributed by atoms with Crippen molar-refractivity contribution < 1.29 is 27.2 Å². The summed E-state index contributed by atoms with van der Waals surface area (Å²) in [6.45, 7) is 1.66. The topological polar surface area (TPSA) is 75.4 Å². The van der Waals surface area contributed by atoms with Crippen LogP contribution in [0, 0.1) is 17.5 Å². The third kappa shape index (κ3) is 4.63. The number of rotatable bonds is 7. The summed E-state index contributed by atoms with van der Waals surface area (Å²) >= 11 is 0. The van der Waals surface area contributed by atoms with Crippen molar-refractivity contribution in [2.24, 2.45) is 0 Å². The average Bonchev–Trinajstić information content (AvgIpc) is 3.38. The van der Waals surface area contributed by atoms with Gasteiger partial charge < -0.3 is 14.6 Å². The first kappa shape index (κ1) is 23.0. The van der Waals surface area contributed by atoms with Crippen molar-refractivity contribution in [1.29, 1.82) is 0 Å². The lowest BCUT2D eigenvalue weighted by molar-refractivity contribution is -0.116. The predicted molar refractivity (Wildman–Crippen MR) is 121 cm³/mol. The molecule has 1 N–H and O–H groups in total. The Kier molecular flexibility index (Phi) is 6.62. The van der Waals surface area contributed by atoms with Gasteiger partial charge in [0, 0.05) is 11.9 Å². The van der Waals surface area contributed by atoms with Crippen LogP contribution in [0.25, 0.3) is 22.4 Å². The number of pyridine rings is 1. The van der Waals surface area contributed by atoms with E-state index in [9.17, 15) is 22.8 Å². The molecule has 0 radical (unpaired) electrons. The smallest absolute Gasteiger partial charge is 0.255 e. The number of furan rings is 1. The van der Waals surface area contributed by atoms with Crippen LogP contribution in [0.2, 0.25) is 0 Å². The van der Waals surface area contributed by atoms with E-state index in [1.165, 1.54) is 11.2 Å². The van der Waals surface area contributed by atoms with Crippen molar-refractivity contribution in [1.82, 2.24) is 9.88 Å². The molecule has 2 aromatic heterocycles. The van der Waals surface area contributed by atoms with Crippen LogP contribution in [0.15, 0.2) is 65.3 Å². The molecule has 0 aliphatic rings. The highest BCUT2D eigenvalue weighted by Gasteiger charge is 2.23. The quantitative estimate of drug-likeness (QED) is 0.369. The van der Waals surface area contributed by atoms with Crippen LogP contribution in [0.1, 0.15) is 23.7 Å². The van der Waals surface area contributed by atoms with E-state index >= 15 is 0 Å². The van der Waals surface area contributed by atoms with E-state index in [0.29, 0.717) is 40.4 Å². The number of para-hydroxylation sites is 1. The molecule has 0 aliphatic carbocycles. The molecular formula is C25H20F3N3O3. The molecule has 4 rings (SSSR count). The van der Waals surface area contributed by atoms with Gasteiger partial charge in [-0.3, -0.25) is 9.59 Å². The van der Waals surface area contributed by atoms with Gasteiger partial charge in [0.05, 0.1) is 23.0 Å². The number of aromatic nitrogens is 1. The average molecular weight is 467 g/mol. The normalized spacial score (nSPS) is 10.9. The Morgan fingerprint density at radius 2 is 1.82 bits per heavy atom. The summed E-state index contributed by atoms with van der Waals surface area (Å²) in [6, 6.07) is 13.7. The third-order valence-electron chi connectivity index (χ3n) is 5.14. The van der Waals surface area contributed by atoms with Crippen LogP contribution in [0.5, 0.6) is 0 Å². The zero-order chi connectivity index (χ0) is 24.2. The largest absolute Gasteiger partial charge is 0.463 e. The molecule has 0 saturated heterocycles. The zero-order valence-corrected chi connectivity index (χ0v) is 18.1. The van der Waals surface area contributed by atoms with Gasteiger partial charge in [0.1, 0.15) is 12.2 Å². The number of nitrogens with one attached hydrogen (secondary N) is 1. The minimum Gasteiger partial charge on any atom is -0.463 e. The Labute approximate surface area is 193 Å². The number of carbonyl (C=O) groups is 2. The highest BCUT2D eigenvalue weighted by Crippen LogP contribution is 2.26. The maximum Gasteiger partial charge on any atom is 0.255 e. The third-order valence-corrected chi connectivity index (χ3v) is 5.14. The minimum atomic E-state index is -1.69. The first-order chi connectivity index (χ1) is 16.4. The van der Waals surface area contributed by atoms with Crippen molar-refractivity contribution in [3.8, 4) is 11.5 Å². The zero-order valence-electron chi connectivity index (χ0n) is 18.1. The van der Waals surface area contributed by atoms with Gasteiger partial charge in [-0.2, -0.15) is 0 Å². The van der Waals surface area contributed by atoms with Crippen LogP contribution in [0.4, 0.5) is 18.9 Å². The van der Waals surface area contributed by atoms with E-state index in [1.807, 2.05) is 6.92 Å². The van der Waals surface area contributed by atoms with E-state index in [4.69, 9.17) is 4.42 Å². The van der Waals surface area contributed by atoms with Crippen LogP contribution < -0.4 is 5.32 Å². The number of halogens is 3. The number of carbonyl (C=O) groups excluding carboxylic acids is 2. The number of benzene rings is 2. The Morgan fingerprint density at radius 1 is 1.03 bits per heavy atom. The molecule has 0 saturated carbocycles. The van der Waals surface area contributed by atoms with E-state index in [1.54, 1.807) is 42.5 Å². The fraction of sp³-hybridized carbons (Fsp3) is 0.160. The summed E-state index contributed by atoms with van der Waals surface area (Å²) in [5, 5.41) is 2.80. The van der Waals surface area contributed by atoms with Gasteiger partial charge in [-0.1, -0.05) is 25.1 Å². The number of amides is 2. The first-order valence-corrected chi connectivity index (χ1v) is 10.5. The number of anilines is 1. The molecule has 6 nitrogen and oxygen atoms in total. The van der Waals surface area contributed by atoms with Crippen molar-refractivity contribution in [2.75, 3.05) is 18.4 Å². The molecule has 2 heterocycles. The van der Waals surface area contributed by atoms with Gasteiger partial charge in [0.25, 0.3) is 5.91 Å². The molecule has 0 unspecified atom stereocenters. The lowest BCUT2D eigenvalue weighted by atomic mass is 10.1. The van der Waals surface area contributed by atoms with Gasteiger partial charge in [-0.05, 0) is 42.8 Å². The second-order valence-electron chi connectivity index (χ2n) is 7.55. The van der Waals surface area contributed by atoms with Gasteiger partial charge >= 0.3 is 0 Å². The molecule has 0 atom stereocenters. The van der Waals surface area contributed by atoms with Crippen LogP contribution in [-0.4, -0.2) is 34.8 Å². The van der Waals surface area contributed by atoms with Crippen LogP contribution in [0.3, 0.4) is 0 Å². The Bertz CT molecular complexity index is 1360. The summed E-state index contributed by atoms with van der Waals surface area (Å²) in [4.78, 5) is 32.0. The van der Waals surface area contributed by atoms with Crippen molar-refractivity contribution in [2.45, 2.75) is 13.3 Å². The molecule has 174 valence electrons.